The highest BCUT2D eigenvalue weighted by molar-refractivity contribution is 5.92. The van der Waals surface area contributed by atoms with E-state index in [1.54, 1.807) is 125 Å². The van der Waals surface area contributed by atoms with E-state index in [9.17, 15) is 39.0 Å². The molecule has 8 atom stereocenters. The van der Waals surface area contributed by atoms with E-state index in [-0.39, 0.29) is 26.1 Å². The van der Waals surface area contributed by atoms with Gasteiger partial charge in [0.25, 0.3) is 0 Å². The fourth-order valence-corrected chi connectivity index (χ4v) is 6.91. The number of aliphatic hydroxyl groups excluding tert-OH is 2. The minimum Gasteiger partial charge on any atom is -0.445 e. The first-order valence-corrected chi connectivity index (χ1v) is 22.1. The van der Waals surface area contributed by atoms with Gasteiger partial charge in [-0.3, -0.25) is 19.2 Å². The van der Waals surface area contributed by atoms with Gasteiger partial charge >= 0.3 is 12.2 Å². The van der Waals surface area contributed by atoms with E-state index in [1.165, 1.54) is 13.8 Å². The molecule has 16 nitrogen and oxygen atoms in total. The Labute approximate surface area is 386 Å². The third-order valence-corrected chi connectivity index (χ3v) is 10.8. The van der Waals surface area contributed by atoms with E-state index in [0.29, 0.717) is 11.1 Å². The van der Waals surface area contributed by atoms with Gasteiger partial charge in [0.05, 0.1) is 12.1 Å². The van der Waals surface area contributed by atoms with Crippen molar-refractivity contribution in [2.75, 3.05) is 0 Å². The van der Waals surface area contributed by atoms with Crippen molar-refractivity contribution in [2.24, 2.45) is 11.8 Å². The number of amides is 6. The molecule has 6 amide bonds. The summed E-state index contributed by atoms with van der Waals surface area (Å²) in [4.78, 5) is 79.9. The summed E-state index contributed by atoms with van der Waals surface area (Å²) < 4.78 is 10.5. The van der Waals surface area contributed by atoms with Crippen LogP contribution in [0.4, 0.5) is 9.59 Å². The molecular weight excluding hydrogens is 845 g/mol. The maximum Gasteiger partial charge on any atom is 0.408 e. The number of ether oxygens (including phenoxy) is 2. The molecular formula is C50H64N6O10. The standard InChI is InChI=1S/C50H64N6O10/c1-31(2)41(55-45(59)33(5)51-49(63)65-29-37-23-15-9-16-24-37)47(61)53-39(27-35-19-11-7-12-20-35)43(57)44(58)40(28-36-21-13-8-14-22-36)54-48(62)42(32(3)4)56-46(60)34(6)52-50(64)66-30-38-25-17-10-18-26-38/h7-26,31-34,39-44,57-58H,27-30H2,1-6H3,(H,51,63)(H,52,64)(H,53,61)(H,54,62)(H,55,59)(H,56,60)/t33-,34-,39-,40-,41?,42?,43?,44?/m1/s1. The van der Waals surface area contributed by atoms with Crippen LogP contribution >= 0.6 is 0 Å². The summed E-state index contributed by atoms with van der Waals surface area (Å²) >= 11 is 0. The average Bonchev–Trinajstić information content (AvgIpc) is 3.31. The van der Waals surface area contributed by atoms with Crippen molar-refractivity contribution in [3.63, 3.8) is 0 Å². The Hall–Kier alpha value is -6.78. The molecule has 354 valence electrons. The lowest BCUT2D eigenvalue weighted by atomic mass is 9.90. The van der Waals surface area contributed by atoms with Crippen LogP contribution in [0.5, 0.6) is 0 Å². The second-order valence-corrected chi connectivity index (χ2v) is 16.9. The first kappa shape index (κ1) is 51.9. The summed E-state index contributed by atoms with van der Waals surface area (Å²) in [6.07, 6.45) is -4.94. The van der Waals surface area contributed by atoms with Crippen LogP contribution < -0.4 is 31.9 Å². The van der Waals surface area contributed by atoms with Crippen molar-refractivity contribution in [2.45, 2.75) is 116 Å². The molecule has 0 saturated carbocycles. The van der Waals surface area contributed by atoms with Gasteiger partial charge in [0, 0.05) is 0 Å². The summed E-state index contributed by atoms with van der Waals surface area (Å²) in [6.45, 7) is 9.76. The molecule has 0 fully saturated rings. The largest absolute Gasteiger partial charge is 0.445 e. The van der Waals surface area contributed by atoms with Gasteiger partial charge in [-0.1, -0.05) is 149 Å². The number of benzene rings is 4. The molecule has 0 aromatic heterocycles. The van der Waals surface area contributed by atoms with Crippen LogP contribution in [-0.2, 0) is 54.7 Å². The molecule has 0 aliphatic rings. The molecule has 0 saturated heterocycles. The summed E-state index contributed by atoms with van der Waals surface area (Å²) in [5.41, 5.74) is 2.94. The highest BCUT2D eigenvalue weighted by atomic mass is 16.6. The Morgan fingerprint density at radius 3 is 0.985 bits per heavy atom. The van der Waals surface area contributed by atoms with Gasteiger partial charge in [0.2, 0.25) is 23.6 Å². The highest BCUT2D eigenvalue weighted by Crippen LogP contribution is 2.17. The molecule has 0 heterocycles. The number of aliphatic hydroxyl groups is 2. The fourth-order valence-electron chi connectivity index (χ4n) is 6.91. The molecule has 66 heavy (non-hydrogen) atoms. The zero-order chi connectivity index (χ0) is 48.2. The minimum atomic E-state index is -1.69. The van der Waals surface area contributed by atoms with Gasteiger partial charge < -0.3 is 51.6 Å². The fraction of sp³-hybridized carbons (Fsp3) is 0.400. The zero-order valence-electron chi connectivity index (χ0n) is 38.3. The first-order valence-electron chi connectivity index (χ1n) is 22.1. The Balaban J connectivity index is 1.49. The molecule has 0 aliphatic heterocycles. The molecule has 8 N–H and O–H groups in total. The lowest BCUT2D eigenvalue weighted by Crippen LogP contribution is -2.62. The molecule has 4 aromatic rings. The molecule has 0 radical (unpaired) electrons. The van der Waals surface area contributed by atoms with Crippen molar-refractivity contribution in [1.82, 2.24) is 31.9 Å². The summed E-state index contributed by atoms with van der Waals surface area (Å²) in [5.74, 6) is -3.57. The number of carbonyl (C=O) groups is 6. The minimum absolute atomic E-state index is 0.00760. The first-order chi connectivity index (χ1) is 31.5. The predicted octanol–water partition coefficient (Wildman–Crippen LogP) is 4.07. The van der Waals surface area contributed by atoms with E-state index < -0.39 is 96.1 Å². The van der Waals surface area contributed by atoms with E-state index in [1.807, 2.05) is 24.3 Å². The summed E-state index contributed by atoms with van der Waals surface area (Å²) in [7, 11) is 0. The highest BCUT2D eigenvalue weighted by Gasteiger charge is 2.38. The molecule has 16 heteroatoms. The average molecular weight is 909 g/mol. The summed E-state index contributed by atoms with van der Waals surface area (Å²) in [5, 5.41) is 40.1. The predicted molar refractivity (Wildman–Crippen MR) is 248 cm³/mol. The third-order valence-electron chi connectivity index (χ3n) is 10.8. The molecule has 0 bridgehead atoms. The smallest absolute Gasteiger partial charge is 0.408 e. The molecule has 0 aliphatic carbocycles. The van der Waals surface area contributed by atoms with E-state index in [4.69, 9.17) is 9.47 Å². The number of alkyl carbamates (subject to hydrolysis) is 2. The molecule has 4 rings (SSSR count). The Bertz CT molecular complexity index is 1990. The number of carbonyl (C=O) groups excluding carboxylic acids is 6. The van der Waals surface area contributed by atoms with Crippen LogP contribution in [-0.4, -0.2) is 94.5 Å². The van der Waals surface area contributed by atoms with Crippen molar-refractivity contribution >= 4 is 35.8 Å². The number of nitrogens with one attached hydrogen (secondary N) is 6. The van der Waals surface area contributed by atoms with Crippen molar-refractivity contribution in [1.29, 1.82) is 0 Å². The van der Waals surface area contributed by atoms with Gasteiger partial charge in [0.15, 0.2) is 0 Å². The second-order valence-electron chi connectivity index (χ2n) is 16.9. The van der Waals surface area contributed by atoms with Crippen LogP contribution in [0.3, 0.4) is 0 Å². The normalized spacial score (nSPS) is 14.8. The van der Waals surface area contributed by atoms with Gasteiger partial charge in [-0.25, -0.2) is 9.59 Å². The van der Waals surface area contributed by atoms with Crippen LogP contribution in [0.25, 0.3) is 0 Å². The van der Waals surface area contributed by atoms with Crippen LogP contribution in [0, 0.1) is 11.8 Å². The van der Waals surface area contributed by atoms with Crippen molar-refractivity contribution in [3.05, 3.63) is 144 Å². The monoisotopic (exact) mass is 908 g/mol. The number of rotatable bonds is 23. The topological polar surface area (TPSA) is 234 Å². The van der Waals surface area contributed by atoms with Gasteiger partial charge in [-0.2, -0.15) is 0 Å². The Kier molecular flexibility index (Phi) is 20.6. The maximum absolute atomic E-state index is 14.1. The molecule has 0 spiro atoms. The van der Waals surface area contributed by atoms with Crippen LogP contribution in [0.1, 0.15) is 63.8 Å². The number of hydrogen-bond donors (Lipinski definition) is 8. The molecule has 4 aromatic carbocycles. The van der Waals surface area contributed by atoms with Crippen LogP contribution in [0.15, 0.2) is 121 Å². The lowest BCUT2D eigenvalue weighted by Gasteiger charge is -2.35. The second kappa shape index (κ2) is 26.2. The Morgan fingerprint density at radius 1 is 0.409 bits per heavy atom. The number of hydrogen-bond acceptors (Lipinski definition) is 10. The van der Waals surface area contributed by atoms with Crippen molar-refractivity contribution in [3.8, 4) is 0 Å². The van der Waals surface area contributed by atoms with Gasteiger partial charge in [0.1, 0.15) is 49.6 Å². The van der Waals surface area contributed by atoms with E-state index in [0.717, 1.165) is 11.1 Å². The van der Waals surface area contributed by atoms with E-state index in [2.05, 4.69) is 31.9 Å². The Morgan fingerprint density at radius 2 is 0.697 bits per heavy atom. The maximum atomic E-state index is 14.1. The van der Waals surface area contributed by atoms with Crippen molar-refractivity contribution < 1.29 is 48.5 Å². The quantitative estimate of drug-likeness (QED) is 0.0532. The third kappa shape index (κ3) is 17.0. The van der Waals surface area contributed by atoms with Gasteiger partial charge in [-0.15, -0.1) is 0 Å². The SMILES string of the molecule is CC(C)C(NC(=O)[C@@H](C)NC(=O)OCc1ccccc1)C(=O)N[C@H](Cc1ccccc1)C(O)C(O)[C@@H](Cc1ccccc1)NC(=O)C(NC(=O)[C@@H](C)NC(=O)OCc1ccccc1)C(C)C. The lowest BCUT2D eigenvalue weighted by molar-refractivity contribution is -0.133. The summed E-state index contributed by atoms with van der Waals surface area (Å²) in [6, 6.07) is 29.2. The van der Waals surface area contributed by atoms with Gasteiger partial charge in [-0.05, 0) is 60.8 Å². The molecule has 4 unspecified atom stereocenters. The van der Waals surface area contributed by atoms with Crippen LogP contribution in [0.2, 0.25) is 0 Å². The van der Waals surface area contributed by atoms with E-state index >= 15 is 0 Å². The zero-order valence-corrected chi connectivity index (χ0v) is 38.3.